The maximum atomic E-state index is 12.4. The van der Waals surface area contributed by atoms with E-state index >= 15 is 0 Å². The predicted molar refractivity (Wildman–Crippen MR) is 92.8 cm³/mol. The molecule has 0 saturated carbocycles. The van der Waals surface area contributed by atoms with Gasteiger partial charge in [-0.1, -0.05) is 36.7 Å². The van der Waals surface area contributed by atoms with Crippen LogP contribution < -0.4 is 14.8 Å². The van der Waals surface area contributed by atoms with Crippen LogP contribution in [-0.4, -0.2) is 19.1 Å². The van der Waals surface area contributed by atoms with E-state index in [1.807, 2.05) is 44.2 Å². The molecule has 1 amide bonds. The van der Waals surface area contributed by atoms with Gasteiger partial charge in [0.15, 0.2) is 11.5 Å². The van der Waals surface area contributed by atoms with Gasteiger partial charge in [0.1, 0.15) is 0 Å². The zero-order valence-corrected chi connectivity index (χ0v) is 14.0. The molecule has 4 nitrogen and oxygen atoms in total. The fourth-order valence-corrected chi connectivity index (χ4v) is 2.30. The normalized spacial score (nSPS) is 10.2. The molecular weight excluding hydrogens is 314 g/mol. The van der Waals surface area contributed by atoms with Crippen molar-refractivity contribution in [1.82, 2.24) is 0 Å². The number of ether oxygens (including phenoxy) is 2. The van der Waals surface area contributed by atoms with Crippen molar-refractivity contribution in [2.45, 2.75) is 20.3 Å². The molecule has 0 radical (unpaired) electrons. The first-order chi connectivity index (χ1) is 11.2. The Balaban J connectivity index is 2.26. The van der Waals surface area contributed by atoms with Gasteiger partial charge in [-0.2, -0.15) is 0 Å². The molecule has 2 aromatic rings. The first kappa shape index (κ1) is 17.2. The second-order valence-electron chi connectivity index (χ2n) is 4.89. The number of anilines is 1. The summed E-state index contributed by atoms with van der Waals surface area (Å²) >= 11 is 6.27. The largest absolute Gasteiger partial charge is 0.490 e. The molecule has 0 saturated heterocycles. The van der Waals surface area contributed by atoms with Crippen LogP contribution in [0.3, 0.4) is 0 Å². The smallest absolute Gasteiger partial charge is 0.255 e. The van der Waals surface area contributed by atoms with E-state index in [-0.39, 0.29) is 5.91 Å². The van der Waals surface area contributed by atoms with E-state index in [0.717, 1.165) is 12.1 Å². The zero-order chi connectivity index (χ0) is 16.7. The second kappa shape index (κ2) is 8.44. The molecule has 0 bridgehead atoms. The van der Waals surface area contributed by atoms with Crippen LogP contribution in [0.1, 0.15) is 30.6 Å². The van der Waals surface area contributed by atoms with Crippen molar-refractivity contribution in [3.63, 3.8) is 0 Å². The topological polar surface area (TPSA) is 47.6 Å². The highest BCUT2D eigenvalue weighted by atomic mass is 35.5. The fourth-order valence-electron chi connectivity index (χ4n) is 2.03. The molecule has 0 aromatic heterocycles. The molecule has 0 atom stereocenters. The minimum Gasteiger partial charge on any atom is -0.490 e. The average molecular weight is 334 g/mol. The zero-order valence-electron chi connectivity index (χ0n) is 13.3. The van der Waals surface area contributed by atoms with Crippen LogP contribution in [0, 0.1) is 0 Å². The number of carbonyl (C=O) groups excluding carboxylic acids is 1. The summed E-state index contributed by atoms with van der Waals surface area (Å²) in [7, 11) is 0. The molecule has 5 heteroatoms. The molecule has 122 valence electrons. The fraction of sp³-hybridized carbons (Fsp3) is 0.278. The van der Waals surface area contributed by atoms with Crippen molar-refractivity contribution in [2.24, 2.45) is 0 Å². The standard InChI is InChI=1S/C18H20ClNO3/c1-3-10-23-17-15(19)11-13(12-16(17)22-4-2)18(21)20-14-8-6-5-7-9-14/h5-9,11-12H,3-4,10H2,1-2H3,(H,20,21). The van der Waals surface area contributed by atoms with Crippen LogP contribution in [0.25, 0.3) is 0 Å². The van der Waals surface area contributed by atoms with E-state index in [4.69, 9.17) is 21.1 Å². The van der Waals surface area contributed by atoms with Crippen LogP contribution in [0.15, 0.2) is 42.5 Å². The van der Waals surface area contributed by atoms with Crippen LogP contribution in [-0.2, 0) is 0 Å². The Kier molecular flexibility index (Phi) is 6.29. The van der Waals surface area contributed by atoms with E-state index in [9.17, 15) is 4.79 Å². The van der Waals surface area contributed by atoms with Crippen molar-refractivity contribution >= 4 is 23.2 Å². The maximum absolute atomic E-state index is 12.4. The summed E-state index contributed by atoms with van der Waals surface area (Å²) in [6.07, 6.45) is 0.859. The summed E-state index contributed by atoms with van der Waals surface area (Å²) < 4.78 is 11.2. The van der Waals surface area contributed by atoms with Gasteiger partial charge in [0.2, 0.25) is 0 Å². The Morgan fingerprint density at radius 1 is 1.13 bits per heavy atom. The summed E-state index contributed by atoms with van der Waals surface area (Å²) in [5.41, 5.74) is 1.14. The lowest BCUT2D eigenvalue weighted by atomic mass is 10.1. The number of amides is 1. The van der Waals surface area contributed by atoms with E-state index < -0.39 is 0 Å². The Morgan fingerprint density at radius 2 is 1.87 bits per heavy atom. The molecule has 0 spiro atoms. The number of halogens is 1. The number of carbonyl (C=O) groups is 1. The lowest BCUT2D eigenvalue weighted by Crippen LogP contribution is -2.12. The van der Waals surface area contributed by atoms with Gasteiger partial charge in [-0.15, -0.1) is 0 Å². The highest BCUT2D eigenvalue weighted by Gasteiger charge is 2.16. The minimum absolute atomic E-state index is 0.249. The second-order valence-corrected chi connectivity index (χ2v) is 5.29. The SMILES string of the molecule is CCCOc1c(Cl)cc(C(=O)Nc2ccccc2)cc1OCC. The van der Waals surface area contributed by atoms with Gasteiger partial charge in [-0.3, -0.25) is 4.79 Å². The summed E-state index contributed by atoms with van der Waals surface area (Å²) in [5.74, 6) is 0.708. The predicted octanol–water partition coefficient (Wildman–Crippen LogP) is 4.78. The van der Waals surface area contributed by atoms with Gasteiger partial charge < -0.3 is 14.8 Å². The quantitative estimate of drug-likeness (QED) is 0.793. The maximum Gasteiger partial charge on any atom is 0.255 e. The van der Waals surface area contributed by atoms with Gasteiger partial charge >= 0.3 is 0 Å². The number of benzene rings is 2. The van der Waals surface area contributed by atoms with Crippen molar-refractivity contribution in [1.29, 1.82) is 0 Å². The lowest BCUT2D eigenvalue weighted by molar-refractivity contribution is 0.102. The van der Waals surface area contributed by atoms with E-state index in [0.29, 0.717) is 35.3 Å². The molecule has 0 heterocycles. The molecule has 0 aliphatic carbocycles. The molecule has 23 heavy (non-hydrogen) atoms. The average Bonchev–Trinajstić information content (AvgIpc) is 2.55. The first-order valence-corrected chi connectivity index (χ1v) is 7.99. The molecule has 1 N–H and O–H groups in total. The highest BCUT2D eigenvalue weighted by molar-refractivity contribution is 6.32. The minimum atomic E-state index is -0.249. The summed E-state index contributed by atoms with van der Waals surface area (Å²) in [5, 5.41) is 3.19. The summed E-state index contributed by atoms with van der Waals surface area (Å²) in [6.45, 7) is 4.88. The van der Waals surface area contributed by atoms with E-state index in [1.165, 1.54) is 0 Å². The van der Waals surface area contributed by atoms with Crippen LogP contribution in [0.5, 0.6) is 11.5 Å². The Labute approximate surface area is 141 Å². The molecule has 0 unspecified atom stereocenters. The number of para-hydroxylation sites is 1. The summed E-state index contributed by atoms with van der Waals surface area (Å²) in [6, 6.07) is 12.5. The molecule has 0 aliphatic heterocycles. The van der Waals surface area contributed by atoms with Crippen molar-refractivity contribution < 1.29 is 14.3 Å². The van der Waals surface area contributed by atoms with Crippen molar-refractivity contribution in [3.05, 3.63) is 53.1 Å². The molecule has 0 aliphatic rings. The first-order valence-electron chi connectivity index (χ1n) is 7.61. The molecule has 0 fully saturated rings. The van der Waals surface area contributed by atoms with Gasteiger partial charge in [-0.05, 0) is 37.6 Å². The van der Waals surface area contributed by atoms with Crippen molar-refractivity contribution in [2.75, 3.05) is 18.5 Å². The number of hydrogen-bond acceptors (Lipinski definition) is 3. The van der Waals surface area contributed by atoms with Crippen LogP contribution in [0.2, 0.25) is 5.02 Å². The third kappa shape index (κ3) is 4.63. The number of rotatable bonds is 7. The van der Waals surface area contributed by atoms with E-state index in [2.05, 4.69) is 5.32 Å². The van der Waals surface area contributed by atoms with Gasteiger partial charge in [0.25, 0.3) is 5.91 Å². The summed E-state index contributed by atoms with van der Waals surface area (Å²) in [4.78, 5) is 12.4. The van der Waals surface area contributed by atoms with Gasteiger partial charge in [0, 0.05) is 11.3 Å². The highest BCUT2D eigenvalue weighted by Crippen LogP contribution is 2.37. The van der Waals surface area contributed by atoms with Crippen LogP contribution >= 0.6 is 11.6 Å². The van der Waals surface area contributed by atoms with Crippen molar-refractivity contribution in [3.8, 4) is 11.5 Å². The van der Waals surface area contributed by atoms with Gasteiger partial charge in [-0.25, -0.2) is 0 Å². The van der Waals surface area contributed by atoms with Crippen LogP contribution in [0.4, 0.5) is 5.69 Å². The molecule has 2 aromatic carbocycles. The lowest BCUT2D eigenvalue weighted by Gasteiger charge is -2.15. The van der Waals surface area contributed by atoms with Gasteiger partial charge in [0.05, 0.1) is 18.2 Å². The van der Waals surface area contributed by atoms with E-state index in [1.54, 1.807) is 12.1 Å². The monoisotopic (exact) mass is 333 g/mol. The molecule has 2 rings (SSSR count). The Hall–Kier alpha value is -2.20. The third-order valence-corrected chi connectivity index (χ3v) is 3.33. The Bertz CT molecular complexity index is 659. The number of nitrogens with one attached hydrogen (secondary N) is 1. The number of hydrogen-bond donors (Lipinski definition) is 1. The Morgan fingerprint density at radius 3 is 2.52 bits per heavy atom. The third-order valence-electron chi connectivity index (χ3n) is 3.05. The molecular formula is C18H20ClNO3.